The highest BCUT2D eigenvalue weighted by atomic mass is 19.1. The van der Waals surface area contributed by atoms with Crippen LogP contribution in [0.2, 0.25) is 0 Å². The second kappa shape index (κ2) is 19.1. The molecule has 0 saturated carbocycles. The molecule has 0 saturated heterocycles. The van der Waals surface area contributed by atoms with E-state index in [1.165, 1.54) is 31.3 Å². The third-order valence-electron chi connectivity index (χ3n) is 9.63. The lowest BCUT2D eigenvalue weighted by Gasteiger charge is -2.32. The molecule has 11 nitrogen and oxygen atoms in total. The van der Waals surface area contributed by atoms with Gasteiger partial charge in [-0.25, -0.2) is 22.5 Å². The Morgan fingerprint density at radius 2 is 1.36 bits per heavy atom. The number of rotatable bonds is 8. The van der Waals surface area contributed by atoms with Crippen LogP contribution in [-0.4, -0.2) is 27.7 Å². The number of pyridine rings is 2. The summed E-state index contributed by atoms with van der Waals surface area (Å²) in [6.07, 6.45) is 4.91. The van der Waals surface area contributed by atoms with Gasteiger partial charge in [0.05, 0.1) is 29.4 Å². The van der Waals surface area contributed by atoms with E-state index in [-0.39, 0.29) is 34.0 Å². The predicted octanol–water partition coefficient (Wildman–Crippen LogP) is 8.21. The van der Waals surface area contributed by atoms with Crippen LogP contribution in [0.25, 0.3) is 10.9 Å². The number of carbonyl (C=O) groups excluding carboxylic acids is 3. The van der Waals surface area contributed by atoms with Crippen LogP contribution >= 0.6 is 0 Å². The average molecular weight is 807 g/mol. The molecule has 4 aromatic rings. The lowest BCUT2D eigenvalue weighted by atomic mass is 9.83. The van der Waals surface area contributed by atoms with Gasteiger partial charge < -0.3 is 26.3 Å². The van der Waals surface area contributed by atoms with E-state index in [1.54, 1.807) is 46.0 Å². The normalized spacial score (nSPS) is 15.5. The van der Waals surface area contributed by atoms with Crippen LogP contribution in [0.1, 0.15) is 101 Å². The maximum atomic E-state index is 14.0. The summed E-state index contributed by atoms with van der Waals surface area (Å²) in [6, 6.07) is 10.6. The summed E-state index contributed by atoms with van der Waals surface area (Å²) >= 11 is 0. The van der Waals surface area contributed by atoms with E-state index in [9.17, 15) is 42.0 Å². The van der Waals surface area contributed by atoms with Gasteiger partial charge in [-0.1, -0.05) is 26.0 Å². The molecule has 5 N–H and O–H groups in total. The molecule has 15 heteroatoms. The summed E-state index contributed by atoms with van der Waals surface area (Å²) in [6.45, 7) is 14.0. The molecule has 2 aliphatic rings. The van der Waals surface area contributed by atoms with Crippen molar-refractivity contribution in [2.45, 2.75) is 73.4 Å². The molecule has 0 aliphatic carbocycles. The molecule has 6 rings (SSSR count). The number of nitrogens with one attached hydrogen (secondary N) is 5. The van der Waals surface area contributed by atoms with Gasteiger partial charge in [-0.2, -0.15) is 5.26 Å². The number of hydrogen-bond donors (Lipinski definition) is 5. The molecule has 1 unspecified atom stereocenters. The minimum Gasteiger partial charge on any atom is -0.365 e. The van der Waals surface area contributed by atoms with Crippen LogP contribution in [0, 0.1) is 46.6 Å². The Labute approximate surface area is 339 Å². The van der Waals surface area contributed by atoms with Crippen molar-refractivity contribution in [3.63, 3.8) is 0 Å². The third kappa shape index (κ3) is 9.69. The first kappa shape index (κ1) is 44.2. The Balaban J connectivity index is 0.00000109. The molecular weight excluding hydrogens is 755 g/mol. The molecule has 0 bridgehead atoms. The number of amides is 3. The maximum Gasteiger partial charge on any atom is 0.252 e. The highest BCUT2D eigenvalue weighted by Gasteiger charge is 2.36. The van der Waals surface area contributed by atoms with Gasteiger partial charge in [-0.3, -0.25) is 19.2 Å². The number of dihydropyridines is 1. The van der Waals surface area contributed by atoms with Gasteiger partial charge in [-0.15, -0.1) is 0 Å². The number of hydrogen-bond acceptors (Lipinski definition) is 7. The van der Waals surface area contributed by atoms with E-state index in [2.05, 4.69) is 31.2 Å². The molecular formula is C43H52F4N7O4. The van der Waals surface area contributed by atoms with Crippen LogP contribution in [0.5, 0.6) is 0 Å². The van der Waals surface area contributed by atoms with Gasteiger partial charge in [0, 0.05) is 63.0 Å². The fourth-order valence-corrected chi connectivity index (χ4v) is 6.58. The van der Waals surface area contributed by atoms with E-state index in [0.29, 0.717) is 22.5 Å². The number of halogens is 4. The van der Waals surface area contributed by atoms with E-state index < -0.39 is 64.6 Å². The molecule has 4 heterocycles. The summed E-state index contributed by atoms with van der Waals surface area (Å²) in [4.78, 5) is 57.0. The molecule has 2 aromatic heterocycles. The standard InChI is InChI=1S/C21H22F2N3O2.C20H16F2N4O2.C2H6.4H2/c1-10-18(21(28)26-17-7-8-24-13(4)19(10)17)11(2)20(27)25-12(3)15-6-5-14(22)9-16(15)23;1-10(19(27)25-11(2)13-4-3-12(21)7-16(13)22)14-8-15-17(26-20(14)28)5-6-24-18(15)9-23;1-2;;;;/h5-9,11-12,24H,1-4H3,(H,25,27)(H,26,28);3-8,10-11H,1-2H3,(H,25,27)(H,26,28);1-2H3;4*1H/t11?,12-;10-,11-;;;;;/m00...../s1. The van der Waals surface area contributed by atoms with E-state index in [1.807, 2.05) is 26.8 Å². The minimum atomic E-state index is -0.870. The Morgan fingerprint density at radius 3 is 1.90 bits per heavy atom. The number of carbonyl (C=O) groups is 3. The molecule has 0 fully saturated rings. The second-order valence-corrected chi connectivity index (χ2v) is 13.4. The fraction of sp³-hybridized carbons (Fsp3) is 0.279. The molecule has 0 spiro atoms. The number of benzene rings is 2. The third-order valence-corrected chi connectivity index (χ3v) is 9.63. The molecule has 58 heavy (non-hydrogen) atoms. The van der Waals surface area contributed by atoms with Crippen molar-refractivity contribution >= 4 is 28.6 Å². The lowest BCUT2D eigenvalue weighted by Crippen LogP contribution is -2.43. The quantitative estimate of drug-likeness (QED) is 0.112. The zero-order valence-corrected chi connectivity index (χ0v) is 33.2. The molecule has 3 amide bonds. The number of allylic oxidation sites excluding steroid dienone is 1. The maximum absolute atomic E-state index is 14.0. The van der Waals surface area contributed by atoms with Gasteiger partial charge in [0.25, 0.3) is 5.56 Å². The number of H-pyrrole nitrogens is 1. The molecule has 2 aliphatic heterocycles. The van der Waals surface area contributed by atoms with Crippen molar-refractivity contribution in [2.75, 3.05) is 0 Å². The van der Waals surface area contributed by atoms with Crippen LogP contribution in [0.4, 0.5) is 17.6 Å². The summed E-state index contributed by atoms with van der Waals surface area (Å²) in [5.41, 5.74) is 3.38. The largest absolute Gasteiger partial charge is 0.365 e. The zero-order chi connectivity index (χ0) is 43.0. The Kier molecular flexibility index (Phi) is 14.5. The second-order valence-electron chi connectivity index (χ2n) is 13.4. The highest BCUT2D eigenvalue weighted by molar-refractivity contribution is 6.04. The smallest absolute Gasteiger partial charge is 0.252 e. The average Bonchev–Trinajstić information content (AvgIpc) is 3.17. The van der Waals surface area contributed by atoms with Crippen LogP contribution in [0.15, 0.2) is 94.2 Å². The first-order chi connectivity index (χ1) is 27.5. The Hall–Kier alpha value is -6.56. The summed E-state index contributed by atoms with van der Waals surface area (Å²) < 4.78 is 54.1. The van der Waals surface area contributed by atoms with Crippen molar-refractivity contribution < 1.29 is 37.7 Å². The summed E-state index contributed by atoms with van der Waals surface area (Å²) in [5.74, 6) is -5.77. The Bertz CT molecular complexity index is 2460. The topological polar surface area (TPSA) is 169 Å². The summed E-state index contributed by atoms with van der Waals surface area (Å²) in [7, 11) is 0. The van der Waals surface area contributed by atoms with Crippen molar-refractivity contribution in [3.05, 3.63) is 151 Å². The number of aromatic nitrogens is 2. The number of fused-ring (bicyclic) bond motifs is 2. The van der Waals surface area contributed by atoms with Crippen LogP contribution in [-0.2, 0) is 14.4 Å². The Morgan fingerprint density at radius 1 is 0.810 bits per heavy atom. The molecule has 311 valence electrons. The number of nitrogens with zero attached hydrogens (tertiary/aromatic N) is 2. The lowest BCUT2D eigenvalue weighted by molar-refractivity contribution is -0.126. The monoisotopic (exact) mass is 806 g/mol. The molecule has 4 atom stereocenters. The van der Waals surface area contributed by atoms with Crippen molar-refractivity contribution in [1.29, 1.82) is 5.26 Å². The first-order valence-corrected chi connectivity index (χ1v) is 18.5. The van der Waals surface area contributed by atoms with Crippen molar-refractivity contribution in [2.24, 2.45) is 5.92 Å². The van der Waals surface area contributed by atoms with Gasteiger partial charge in [-0.05, 0) is 83.7 Å². The fourth-order valence-electron chi connectivity index (χ4n) is 6.58. The first-order valence-electron chi connectivity index (χ1n) is 18.5. The van der Waals surface area contributed by atoms with Crippen LogP contribution in [0.3, 0.4) is 0 Å². The van der Waals surface area contributed by atoms with E-state index >= 15 is 0 Å². The SMILES string of the molecule is CC.CC1=C2[C](C=CN1)NC(=O)C(C(C)C(=O)N[C@@H](C)c1ccc(F)cc1F)=C2C.C[C@H](NC(=O)[C@@H](C)c1cc2c(C#N)nccc2[nH]c1=O)c1ccc(F)cc1F.[HH].[HH].[HH].[HH]. The van der Waals surface area contributed by atoms with E-state index in [4.69, 9.17) is 0 Å². The highest BCUT2D eigenvalue weighted by Crippen LogP contribution is 2.35. The summed E-state index contributed by atoms with van der Waals surface area (Å²) in [5, 5.41) is 20.9. The number of aromatic amines is 1. The van der Waals surface area contributed by atoms with Gasteiger partial charge in [0.1, 0.15) is 41.1 Å². The number of nitriles is 1. The zero-order valence-electron chi connectivity index (χ0n) is 33.2. The van der Waals surface area contributed by atoms with Gasteiger partial charge >= 0.3 is 0 Å². The van der Waals surface area contributed by atoms with Gasteiger partial charge in [0.2, 0.25) is 17.7 Å². The predicted molar refractivity (Wildman–Crippen MR) is 219 cm³/mol. The molecule has 2 aromatic carbocycles. The van der Waals surface area contributed by atoms with Crippen molar-refractivity contribution in [1.82, 2.24) is 31.2 Å². The van der Waals surface area contributed by atoms with Crippen molar-refractivity contribution in [3.8, 4) is 6.07 Å². The van der Waals surface area contributed by atoms with Crippen LogP contribution < -0.4 is 26.8 Å². The van der Waals surface area contributed by atoms with E-state index in [0.717, 1.165) is 41.1 Å². The van der Waals surface area contributed by atoms with Gasteiger partial charge in [0.15, 0.2) is 0 Å². The minimum absolute atomic E-state index is 0. The molecule has 1 radical (unpaired) electrons.